The number of aromatic nitrogens is 1. The molecule has 2 aromatic rings. The van der Waals surface area contributed by atoms with E-state index in [4.69, 9.17) is 4.74 Å². The molecule has 0 saturated heterocycles. The predicted molar refractivity (Wildman–Crippen MR) is 87.0 cm³/mol. The summed E-state index contributed by atoms with van der Waals surface area (Å²) in [5.74, 6) is 1.92. The van der Waals surface area contributed by atoms with E-state index in [2.05, 4.69) is 11.1 Å². The van der Waals surface area contributed by atoms with Crippen LogP contribution in [0.15, 0.2) is 18.2 Å². The molecule has 0 fully saturated rings. The first-order chi connectivity index (χ1) is 10.2. The van der Waals surface area contributed by atoms with Crippen molar-refractivity contribution in [2.24, 2.45) is 0 Å². The summed E-state index contributed by atoms with van der Waals surface area (Å²) in [5.41, 5.74) is 4.20. The Kier molecular flexibility index (Phi) is 4.22. The van der Waals surface area contributed by atoms with Gasteiger partial charge >= 0.3 is 5.97 Å². The molecule has 21 heavy (non-hydrogen) atoms. The van der Waals surface area contributed by atoms with E-state index in [0.717, 1.165) is 30.0 Å². The van der Waals surface area contributed by atoms with Crippen LogP contribution in [0.25, 0.3) is 10.9 Å². The first-order valence-electron chi connectivity index (χ1n) is 7.19. The van der Waals surface area contributed by atoms with E-state index in [0.29, 0.717) is 12.2 Å². The van der Waals surface area contributed by atoms with Crippen molar-refractivity contribution in [2.75, 3.05) is 33.0 Å². The Morgan fingerprint density at radius 1 is 1.43 bits per heavy atom. The average Bonchev–Trinajstić information content (AvgIpc) is 2.85. The highest BCUT2D eigenvalue weighted by Crippen LogP contribution is 2.32. The molecule has 2 heterocycles. The van der Waals surface area contributed by atoms with Gasteiger partial charge in [0.05, 0.1) is 11.1 Å². The Morgan fingerprint density at radius 2 is 2.29 bits per heavy atom. The molecule has 0 amide bonds. The fourth-order valence-corrected chi connectivity index (χ4v) is 3.65. The molecule has 0 bridgehead atoms. The van der Waals surface area contributed by atoms with Crippen molar-refractivity contribution >= 4 is 28.6 Å². The lowest BCUT2D eigenvalue weighted by Crippen LogP contribution is -2.20. The normalized spacial score (nSPS) is 14.4. The van der Waals surface area contributed by atoms with Gasteiger partial charge in [0.25, 0.3) is 0 Å². The zero-order valence-corrected chi connectivity index (χ0v) is 13.3. The van der Waals surface area contributed by atoms with Gasteiger partial charge in [0.2, 0.25) is 0 Å². The number of ether oxygens (including phenoxy) is 1. The number of aryl methyl sites for hydroxylation is 1. The van der Waals surface area contributed by atoms with Crippen LogP contribution in [-0.4, -0.2) is 48.9 Å². The summed E-state index contributed by atoms with van der Waals surface area (Å²) in [7, 11) is 3.93. The van der Waals surface area contributed by atoms with Gasteiger partial charge in [-0.1, -0.05) is 12.1 Å². The summed E-state index contributed by atoms with van der Waals surface area (Å²) in [6.45, 7) is 1.15. The Bertz CT molecular complexity index is 664. The molecular weight excluding hydrogens is 284 g/mol. The fraction of sp³-hybridized carbons (Fsp3) is 0.438. The van der Waals surface area contributed by atoms with E-state index in [1.54, 1.807) is 0 Å². The number of nitrogens with one attached hydrogen (secondary N) is 1. The predicted octanol–water partition coefficient (Wildman–Crippen LogP) is 2.68. The Balaban J connectivity index is 1.88. The van der Waals surface area contributed by atoms with Crippen molar-refractivity contribution in [3.63, 3.8) is 0 Å². The van der Waals surface area contributed by atoms with E-state index in [1.807, 2.05) is 42.9 Å². The van der Waals surface area contributed by atoms with Crippen LogP contribution in [0.4, 0.5) is 0 Å². The molecule has 1 aliphatic rings. The molecule has 0 radical (unpaired) electrons. The molecule has 0 aliphatic carbocycles. The maximum absolute atomic E-state index is 12.3. The number of thioether (sulfide) groups is 1. The minimum Gasteiger partial charge on any atom is -0.461 e. The molecule has 1 aromatic carbocycles. The molecule has 0 saturated carbocycles. The van der Waals surface area contributed by atoms with Gasteiger partial charge in [-0.05, 0) is 37.9 Å². The topological polar surface area (TPSA) is 45.3 Å². The SMILES string of the molecule is CN(C)CCOC(=O)c1cccc2c3c([nH]c12)CCSC3. The summed E-state index contributed by atoms with van der Waals surface area (Å²) in [5, 5.41) is 1.17. The molecule has 1 aromatic heterocycles. The molecule has 4 nitrogen and oxygen atoms in total. The van der Waals surface area contributed by atoms with Crippen LogP contribution in [0.1, 0.15) is 21.6 Å². The van der Waals surface area contributed by atoms with Crippen LogP contribution < -0.4 is 0 Å². The summed E-state index contributed by atoms with van der Waals surface area (Å²) in [6.07, 6.45) is 1.05. The third-order valence-electron chi connectivity index (χ3n) is 3.76. The van der Waals surface area contributed by atoms with Gasteiger partial charge < -0.3 is 14.6 Å². The second kappa shape index (κ2) is 6.12. The van der Waals surface area contributed by atoms with E-state index in [-0.39, 0.29) is 5.97 Å². The van der Waals surface area contributed by atoms with E-state index < -0.39 is 0 Å². The minimum absolute atomic E-state index is 0.242. The van der Waals surface area contributed by atoms with Crippen molar-refractivity contribution in [1.29, 1.82) is 0 Å². The van der Waals surface area contributed by atoms with Gasteiger partial charge in [-0.25, -0.2) is 4.79 Å². The average molecular weight is 304 g/mol. The lowest BCUT2D eigenvalue weighted by molar-refractivity contribution is 0.0484. The Hall–Kier alpha value is -1.46. The second-order valence-electron chi connectivity index (χ2n) is 5.55. The molecule has 0 spiro atoms. The van der Waals surface area contributed by atoms with Crippen LogP contribution in [0, 0.1) is 0 Å². The second-order valence-corrected chi connectivity index (χ2v) is 6.66. The zero-order valence-electron chi connectivity index (χ0n) is 12.4. The lowest BCUT2D eigenvalue weighted by atomic mass is 10.1. The van der Waals surface area contributed by atoms with Crippen molar-refractivity contribution in [1.82, 2.24) is 9.88 Å². The number of aromatic amines is 1. The van der Waals surface area contributed by atoms with Crippen molar-refractivity contribution in [3.8, 4) is 0 Å². The molecule has 112 valence electrons. The number of carbonyl (C=O) groups excluding carboxylic acids is 1. The van der Waals surface area contributed by atoms with Gasteiger partial charge in [-0.2, -0.15) is 11.8 Å². The summed E-state index contributed by atoms with van der Waals surface area (Å²) >= 11 is 1.95. The molecule has 1 N–H and O–H groups in total. The molecule has 3 rings (SSSR count). The van der Waals surface area contributed by atoms with Gasteiger partial charge in [-0.3, -0.25) is 0 Å². The molecular formula is C16H20N2O2S. The van der Waals surface area contributed by atoms with Crippen LogP contribution in [-0.2, 0) is 16.9 Å². The zero-order chi connectivity index (χ0) is 14.8. The maximum atomic E-state index is 12.3. The molecule has 1 aliphatic heterocycles. The number of H-pyrrole nitrogens is 1. The molecule has 0 unspecified atom stereocenters. The monoisotopic (exact) mass is 304 g/mol. The largest absolute Gasteiger partial charge is 0.461 e. The number of para-hydroxylation sites is 1. The third-order valence-corrected chi connectivity index (χ3v) is 4.75. The van der Waals surface area contributed by atoms with E-state index in [9.17, 15) is 4.79 Å². The van der Waals surface area contributed by atoms with Gasteiger partial charge in [0.15, 0.2) is 0 Å². The molecule has 5 heteroatoms. The fourth-order valence-electron chi connectivity index (χ4n) is 2.62. The number of likely N-dealkylation sites (N-methyl/N-ethyl adjacent to an activating group) is 1. The van der Waals surface area contributed by atoms with Gasteiger partial charge in [-0.15, -0.1) is 0 Å². The number of fused-ring (bicyclic) bond motifs is 3. The highest BCUT2D eigenvalue weighted by molar-refractivity contribution is 7.98. The Morgan fingerprint density at radius 3 is 3.10 bits per heavy atom. The lowest BCUT2D eigenvalue weighted by Gasteiger charge is -2.10. The summed E-state index contributed by atoms with van der Waals surface area (Å²) in [4.78, 5) is 17.7. The number of benzene rings is 1. The number of carbonyl (C=O) groups is 1. The van der Waals surface area contributed by atoms with Crippen molar-refractivity contribution in [3.05, 3.63) is 35.0 Å². The first kappa shape index (κ1) is 14.5. The smallest absolute Gasteiger partial charge is 0.340 e. The van der Waals surface area contributed by atoms with E-state index in [1.165, 1.54) is 16.6 Å². The van der Waals surface area contributed by atoms with Crippen molar-refractivity contribution in [2.45, 2.75) is 12.2 Å². The quantitative estimate of drug-likeness (QED) is 0.882. The van der Waals surface area contributed by atoms with Crippen LogP contribution >= 0.6 is 11.8 Å². The van der Waals surface area contributed by atoms with Crippen LogP contribution in [0.5, 0.6) is 0 Å². The highest BCUT2D eigenvalue weighted by atomic mass is 32.2. The first-order valence-corrected chi connectivity index (χ1v) is 8.34. The van der Waals surface area contributed by atoms with Gasteiger partial charge in [0.1, 0.15) is 6.61 Å². The highest BCUT2D eigenvalue weighted by Gasteiger charge is 2.20. The van der Waals surface area contributed by atoms with Gasteiger partial charge in [0, 0.05) is 23.4 Å². The number of hydrogen-bond acceptors (Lipinski definition) is 4. The number of rotatable bonds is 4. The Labute approximate surface area is 128 Å². The van der Waals surface area contributed by atoms with Crippen LogP contribution in [0.2, 0.25) is 0 Å². The molecule has 0 atom stereocenters. The van der Waals surface area contributed by atoms with Crippen LogP contribution in [0.3, 0.4) is 0 Å². The standard InChI is InChI=1S/C16H20N2O2S/c1-18(2)7-8-20-16(19)12-5-3-4-11-13-10-21-9-6-14(13)17-15(11)12/h3-5,17H,6-10H2,1-2H3. The number of nitrogens with zero attached hydrogens (tertiary/aromatic N) is 1. The number of hydrogen-bond donors (Lipinski definition) is 1. The van der Waals surface area contributed by atoms with E-state index >= 15 is 0 Å². The summed E-state index contributed by atoms with van der Waals surface area (Å²) < 4.78 is 5.37. The number of esters is 1. The van der Waals surface area contributed by atoms with Crippen molar-refractivity contribution < 1.29 is 9.53 Å². The third kappa shape index (κ3) is 2.94. The maximum Gasteiger partial charge on any atom is 0.340 e. The summed E-state index contributed by atoms with van der Waals surface area (Å²) in [6, 6.07) is 5.88. The minimum atomic E-state index is -0.242.